The number of halogens is 1. The highest BCUT2D eigenvalue weighted by molar-refractivity contribution is 9.10. The largest absolute Gasteiger partial charge is 0.338 e. The number of hydrogen-bond donors (Lipinski definition) is 1. The van der Waals surface area contributed by atoms with Crippen LogP contribution in [-0.4, -0.2) is 16.7 Å². The molecule has 2 rings (SSSR count). The maximum absolute atomic E-state index is 5.83. The average Bonchev–Trinajstić information content (AvgIpc) is 2.93. The van der Waals surface area contributed by atoms with E-state index in [2.05, 4.69) is 59.0 Å². The van der Waals surface area contributed by atoms with Crippen molar-refractivity contribution in [3.05, 3.63) is 33.6 Å². The van der Waals surface area contributed by atoms with Crippen molar-refractivity contribution in [3.8, 4) is 11.4 Å². The fraction of sp³-hybridized carbons (Fsp3) is 0.467. The van der Waals surface area contributed by atoms with Crippen LogP contribution in [0.5, 0.6) is 0 Å². The summed E-state index contributed by atoms with van der Waals surface area (Å²) >= 11 is 3.56. The highest BCUT2D eigenvalue weighted by atomic mass is 79.9. The standard InChI is InChI=1S/C15H20BrN3O/c1-5-15(4,8-17)14-18-13(19-20-14)11-6-9(2)12(16)10(3)7-11/h6-7H,5,8,17H2,1-4H3. The summed E-state index contributed by atoms with van der Waals surface area (Å²) in [7, 11) is 0. The third-order valence-electron chi connectivity index (χ3n) is 3.87. The second kappa shape index (κ2) is 5.66. The van der Waals surface area contributed by atoms with Crippen LogP contribution in [0, 0.1) is 13.8 Å². The second-order valence-electron chi connectivity index (χ2n) is 5.47. The van der Waals surface area contributed by atoms with Gasteiger partial charge in [-0.2, -0.15) is 4.98 Å². The topological polar surface area (TPSA) is 64.9 Å². The van der Waals surface area contributed by atoms with Gasteiger partial charge >= 0.3 is 0 Å². The van der Waals surface area contributed by atoms with Crippen LogP contribution in [-0.2, 0) is 5.41 Å². The highest BCUT2D eigenvalue weighted by Crippen LogP contribution is 2.30. The zero-order valence-corrected chi connectivity index (χ0v) is 13.9. The number of aryl methyl sites for hydroxylation is 2. The summed E-state index contributed by atoms with van der Waals surface area (Å²) in [4.78, 5) is 4.53. The molecule has 0 bridgehead atoms. The predicted octanol–water partition coefficient (Wildman–Crippen LogP) is 3.74. The van der Waals surface area contributed by atoms with Gasteiger partial charge in [0.2, 0.25) is 11.7 Å². The molecule has 0 spiro atoms. The molecule has 0 aliphatic rings. The van der Waals surface area contributed by atoms with Gasteiger partial charge in [-0.25, -0.2) is 0 Å². The molecular weight excluding hydrogens is 318 g/mol. The smallest absolute Gasteiger partial charge is 0.234 e. The first-order valence-electron chi connectivity index (χ1n) is 6.72. The molecule has 0 saturated carbocycles. The summed E-state index contributed by atoms with van der Waals surface area (Å²) in [5.41, 5.74) is 8.85. The predicted molar refractivity (Wildman–Crippen MR) is 83.6 cm³/mol. The second-order valence-corrected chi connectivity index (χ2v) is 6.26. The van der Waals surface area contributed by atoms with Gasteiger partial charge in [0.05, 0.1) is 5.41 Å². The molecule has 1 atom stereocenters. The molecule has 0 fully saturated rings. The minimum absolute atomic E-state index is 0.259. The fourth-order valence-corrected chi connectivity index (χ4v) is 2.27. The molecule has 0 radical (unpaired) electrons. The van der Waals surface area contributed by atoms with Gasteiger partial charge in [-0.1, -0.05) is 28.0 Å². The lowest BCUT2D eigenvalue weighted by Gasteiger charge is -2.20. The first-order valence-corrected chi connectivity index (χ1v) is 7.52. The monoisotopic (exact) mass is 337 g/mol. The van der Waals surface area contributed by atoms with Crippen LogP contribution in [0.4, 0.5) is 0 Å². The summed E-state index contributed by atoms with van der Waals surface area (Å²) in [5, 5.41) is 4.10. The maximum Gasteiger partial charge on any atom is 0.234 e. The number of hydrogen-bond acceptors (Lipinski definition) is 4. The van der Waals surface area contributed by atoms with Crippen LogP contribution in [0.3, 0.4) is 0 Å². The molecule has 1 aromatic carbocycles. The summed E-state index contributed by atoms with van der Waals surface area (Å²) in [5.74, 6) is 1.22. The zero-order valence-electron chi connectivity index (χ0n) is 12.3. The van der Waals surface area contributed by atoms with Crippen LogP contribution in [0.1, 0.15) is 37.3 Å². The van der Waals surface area contributed by atoms with Gasteiger partial charge in [-0.3, -0.25) is 0 Å². The molecule has 0 amide bonds. The maximum atomic E-state index is 5.83. The fourth-order valence-electron chi connectivity index (χ4n) is 2.04. The lowest BCUT2D eigenvalue weighted by atomic mass is 9.88. The molecule has 1 unspecified atom stereocenters. The van der Waals surface area contributed by atoms with Crippen LogP contribution >= 0.6 is 15.9 Å². The highest BCUT2D eigenvalue weighted by Gasteiger charge is 2.29. The Balaban J connectivity index is 2.44. The third-order valence-corrected chi connectivity index (χ3v) is 5.12. The van der Waals surface area contributed by atoms with Crippen molar-refractivity contribution < 1.29 is 4.52 Å². The van der Waals surface area contributed by atoms with E-state index in [1.54, 1.807) is 0 Å². The first kappa shape index (κ1) is 15.2. The quantitative estimate of drug-likeness (QED) is 0.922. The van der Waals surface area contributed by atoms with Crippen LogP contribution < -0.4 is 5.73 Å². The van der Waals surface area contributed by atoms with E-state index in [0.717, 1.165) is 27.6 Å². The van der Waals surface area contributed by atoms with Crippen molar-refractivity contribution in [1.29, 1.82) is 0 Å². The normalized spacial score (nSPS) is 14.3. The van der Waals surface area contributed by atoms with E-state index < -0.39 is 0 Å². The lowest BCUT2D eigenvalue weighted by molar-refractivity contribution is 0.291. The Labute approximate surface area is 127 Å². The number of nitrogens with two attached hydrogens (primary N) is 1. The summed E-state index contributed by atoms with van der Waals surface area (Å²) in [6, 6.07) is 4.11. The van der Waals surface area contributed by atoms with E-state index in [1.165, 1.54) is 0 Å². The van der Waals surface area contributed by atoms with Crippen molar-refractivity contribution in [2.45, 2.75) is 39.5 Å². The van der Waals surface area contributed by atoms with E-state index in [1.807, 2.05) is 6.92 Å². The van der Waals surface area contributed by atoms with E-state index in [4.69, 9.17) is 10.3 Å². The van der Waals surface area contributed by atoms with Gasteiger partial charge in [-0.15, -0.1) is 0 Å². The van der Waals surface area contributed by atoms with Crippen molar-refractivity contribution in [2.24, 2.45) is 5.73 Å². The molecule has 5 heteroatoms. The Morgan fingerprint density at radius 3 is 2.40 bits per heavy atom. The Morgan fingerprint density at radius 2 is 1.90 bits per heavy atom. The van der Waals surface area contributed by atoms with E-state index in [-0.39, 0.29) is 5.41 Å². The molecule has 1 aromatic heterocycles. The van der Waals surface area contributed by atoms with Gasteiger partial charge < -0.3 is 10.3 Å². The molecule has 4 nitrogen and oxygen atoms in total. The first-order chi connectivity index (χ1) is 9.41. The van der Waals surface area contributed by atoms with E-state index in [9.17, 15) is 0 Å². The van der Waals surface area contributed by atoms with Gasteiger partial charge in [-0.05, 0) is 50.5 Å². The van der Waals surface area contributed by atoms with Crippen molar-refractivity contribution in [2.75, 3.05) is 6.54 Å². The minimum Gasteiger partial charge on any atom is -0.338 e. The number of aromatic nitrogens is 2. The molecule has 2 aromatic rings. The van der Waals surface area contributed by atoms with Crippen LogP contribution in [0.2, 0.25) is 0 Å². The molecule has 1 heterocycles. The molecule has 0 aliphatic heterocycles. The number of rotatable bonds is 4. The molecule has 108 valence electrons. The lowest BCUT2D eigenvalue weighted by Crippen LogP contribution is -2.31. The Kier molecular flexibility index (Phi) is 4.30. The molecule has 2 N–H and O–H groups in total. The van der Waals surface area contributed by atoms with E-state index >= 15 is 0 Å². The number of benzene rings is 1. The van der Waals surface area contributed by atoms with Crippen molar-refractivity contribution in [1.82, 2.24) is 10.1 Å². The van der Waals surface area contributed by atoms with Crippen molar-refractivity contribution in [3.63, 3.8) is 0 Å². The average molecular weight is 338 g/mol. The molecule has 0 saturated heterocycles. The van der Waals surface area contributed by atoms with Crippen LogP contribution in [0.15, 0.2) is 21.1 Å². The minimum atomic E-state index is -0.259. The SMILES string of the molecule is CCC(C)(CN)c1nc(-c2cc(C)c(Br)c(C)c2)no1. The summed E-state index contributed by atoms with van der Waals surface area (Å²) < 4.78 is 6.54. The third kappa shape index (κ3) is 2.65. The zero-order chi connectivity index (χ0) is 14.9. The van der Waals surface area contributed by atoms with Gasteiger partial charge in [0.1, 0.15) is 0 Å². The molecular formula is C15H20BrN3O. The van der Waals surface area contributed by atoms with Gasteiger partial charge in [0.15, 0.2) is 0 Å². The Bertz CT molecular complexity index is 594. The summed E-state index contributed by atoms with van der Waals surface area (Å²) in [6.45, 7) is 8.71. The summed E-state index contributed by atoms with van der Waals surface area (Å²) in [6.07, 6.45) is 0.865. The molecule has 0 aliphatic carbocycles. The van der Waals surface area contributed by atoms with Crippen molar-refractivity contribution >= 4 is 15.9 Å². The van der Waals surface area contributed by atoms with Gasteiger partial charge in [0.25, 0.3) is 0 Å². The molecule has 20 heavy (non-hydrogen) atoms. The Morgan fingerprint density at radius 1 is 1.30 bits per heavy atom. The van der Waals surface area contributed by atoms with E-state index in [0.29, 0.717) is 18.3 Å². The number of nitrogens with zero attached hydrogens (tertiary/aromatic N) is 2. The van der Waals surface area contributed by atoms with Gasteiger partial charge in [0, 0.05) is 16.6 Å². The Hall–Kier alpha value is -1.20. The van der Waals surface area contributed by atoms with Crippen LogP contribution in [0.25, 0.3) is 11.4 Å².